The molecular weight excluding hydrogens is 330 g/mol. The van der Waals surface area contributed by atoms with Crippen molar-refractivity contribution in [3.05, 3.63) is 59.7 Å². The molecule has 1 aliphatic heterocycles. The Balaban J connectivity index is 1.58. The summed E-state index contributed by atoms with van der Waals surface area (Å²) in [6.07, 6.45) is 7.92. The van der Waals surface area contributed by atoms with Gasteiger partial charge < -0.3 is 4.40 Å². The zero-order valence-electron chi connectivity index (χ0n) is 14.3. The third-order valence-electron chi connectivity index (χ3n) is 4.78. The molecule has 0 aliphatic carbocycles. The molecule has 2 amide bonds. The van der Waals surface area contributed by atoms with Gasteiger partial charge in [0.25, 0.3) is 0 Å². The van der Waals surface area contributed by atoms with Crippen LogP contribution in [-0.2, 0) is 29.6 Å². The van der Waals surface area contributed by atoms with Crippen LogP contribution in [0.1, 0.15) is 23.1 Å². The van der Waals surface area contributed by atoms with Gasteiger partial charge in [0, 0.05) is 37.6 Å². The molecule has 1 fully saturated rings. The van der Waals surface area contributed by atoms with E-state index in [0.29, 0.717) is 17.5 Å². The van der Waals surface area contributed by atoms with E-state index in [2.05, 4.69) is 11.2 Å². The first-order valence-electron chi connectivity index (χ1n) is 8.37. The quantitative estimate of drug-likeness (QED) is 0.672. The van der Waals surface area contributed by atoms with Crippen molar-refractivity contribution in [2.75, 3.05) is 0 Å². The lowest BCUT2D eigenvalue weighted by atomic mass is 10.0. The molecular formula is C19H17N5O2. The number of pyridine rings is 1. The summed E-state index contributed by atoms with van der Waals surface area (Å²) in [7, 11) is 1.82. The summed E-state index contributed by atoms with van der Waals surface area (Å²) in [5.41, 5.74) is 2.90. The minimum absolute atomic E-state index is 0.131. The van der Waals surface area contributed by atoms with Crippen LogP contribution in [0.15, 0.2) is 43.0 Å². The van der Waals surface area contributed by atoms with Crippen LogP contribution in [0.25, 0.3) is 5.52 Å². The van der Waals surface area contributed by atoms with Gasteiger partial charge in [-0.05, 0) is 24.1 Å². The lowest BCUT2D eigenvalue weighted by molar-refractivity contribution is -0.140. The monoisotopic (exact) mass is 347 g/mol. The van der Waals surface area contributed by atoms with Crippen molar-refractivity contribution in [1.29, 1.82) is 5.26 Å². The van der Waals surface area contributed by atoms with Crippen LogP contribution in [-0.4, -0.2) is 30.9 Å². The number of amides is 2. The summed E-state index contributed by atoms with van der Waals surface area (Å²) in [4.78, 5) is 26.4. The second-order valence-electron chi connectivity index (χ2n) is 6.58. The van der Waals surface area contributed by atoms with Gasteiger partial charge in [0.2, 0.25) is 11.8 Å². The predicted octanol–water partition coefficient (Wildman–Crippen LogP) is 1.66. The molecule has 4 rings (SSSR count). The summed E-state index contributed by atoms with van der Waals surface area (Å²) in [5.74, 6) is -0.740. The summed E-state index contributed by atoms with van der Waals surface area (Å²) in [6, 6.07) is 7.77. The maximum atomic E-state index is 12.7. The molecule has 1 atom stereocenters. The Kier molecular flexibility index (Phi) is 3.81. The summed E-state index contributed by atoms with van der Waals surface area (Å²) < 4.78 is 3.52. The normalized spacial score (nSPS) is 17.2. The molecule has 3 aromatic rings. The highest BCUT2D eigenvalue weighted by Crippen LogP contribution is 2.27. The zero-order chi connectivity index (χ0) is 18.3. The van der Waals surface area contributed by atoms with Crippen molar-refractivity contribution in [2.45, 2.75) is 19.4 Å². The van der Waals surface area contributed by atoms with Crippen LogP contribution in [0.4, 0.5) is 0 Å². The first-order valence-corrected chi connectivity index (χ1v) is 8.37. The number of nitriles is 1. The zero-order valence-corrected chi connectivity index (χ0v) is 14.3. The number of nitrogens with zero attached hydrogens (tertiary/aromatic N) is 5. The van der Waals surface area contributed by atoms with E-state index >= 15 is 0 Å². The number of likely N-dealkylation sites (tertiary alicyclic amines) is 1. The predicted molar refractivity (Wildman–Crippen MR) is 92.7 cm³/mol. The van der Waals surface area contributed by atoms with Crippen molar-refractivity contribution in [1.82, 2.24) is 19.1 Å². The molecule has 7 nitrogen and oxygen atoms in total. The summed E-state index contributed by atoms with van der Waals surface area (Å²) >= 11 is 0. The molecule has 0 bridgehead atoms. The van der Waals surface area contributed by atoms with Gasteiger partial charge in [-0.1, -0.05) is 6.07 Å². The topological polar surface area (TPSA) is 83.4 Å². The van der Waals surface area contributed by atoms with E-state index in [4.69, 9.17) is 0 Å². The molecule has 0 radical (unpaired) electrons. The van der Waals surface area contributed by atoms with E-state index in [1.165, 1.54) is 4.90 Å². The van der Waals surface area contributed by atoms with Gasteiger partial charge in [-0.25, -0.2) is 0 Å². The number of rotatable bonds is 4. The van der Waals surface area contributed by atoms with E-state index in [1.807, 2.05) is 48.2 Å². The average Bonchev–Trinajstić information content (AvgIpc) is 3.27. The van der Waals surface area contributed by atoms with Crippen molar-refractivity contribution in [3.63, 3.8) is 0 Å². The van der Waals surface area contributed by atoms with Crippen LogP contribution in [0.5, 0.6) is 0 Å². The van der Waals surface area contributed by atoms with E-state index in [9.17, 15) is 14.9 Å². The van der Waals surface area contributed by atoms with Crippen LogP contribution >= 0.6 is 0 Å². The number of aryl methyl sites for hydroxylation is 1. The molecule has 130 valence electrons. The third kappa shape index (κ3) is 2.65. The van der Waals surface area contributed by atoms with Crippen molar-refractivity contribution in [3.8, 4) is 6.07 Å². The summed E-state index contributed by atoms with van der Waals surface area (Å²) in [6.45, 7) is 0.131. The fraction of sp³-hybridized carbons (Fsp3) is 0.263. The fourth-order valence-corrected chi connectivity index (χ4v) is 3.54. The minimum Gasteiger partial charge on any atom is -0.322 e. The van der Waals surface area contributed by atoms with Crippen molar-refractivity contribution < 1.29 is 9.59 Å². The van der Waals surface area contributed by atoms with Gasteiger partial charge in [0.15, 0.2) is 0 Å². The Morgan fingerprint density at radius 2 is 2.15 bits per heavy atom. The molecule has 7 heteroatoms. The Morgan fingerprint density at radius 3 is 2.88 bits per heavy atom. The SMILES string of the molecule is Cn1cc(C[C@H]2CC(=O)N(Cc3cn4ccccc4c3C#N)C2=O)cn1. The first kappa shape index (κ1) is 16.1. The molecule has 3 aromatic heterocycles. The van der Waals surface area contributed by atoms with Crippen LogP contribution in [0.3, 0.4) is 0 Å². The lowest BCUT2D eigenvalue weighted by Crippen LogP contribution is -2.30. The number of imide groups is 1. The lowest BCUT2D eigenvalue weighted by Gasteiger charge is -2.14. The third-order valence-corrected chi connectivity index (χ3v) is 4.78. The van der Waals surface area contributed by atoms with Gasteiger partial charge in [0.1, 0.15) is 6.07 Å². The highest BCUT2D eigenvalue weighted by molar-refractivity contribution is 6.03. The van der Waals surface area contributed by atoms with Crippen LogP contribution in [0, 0.1) is 17.2 Å². The Labute approximate surface area is 150 Å². The highest BCUT2D eigenvalue weighted by atomic mass is 16.2. The standard InChI is InChI=1S/C19H17N5O2/c1-22-10-13(9-21-22)6-14-7-18(25)24(19(14)26)12-15-11-23-5-3-2-4-17(23)16(15)8-20/h2-5,9-11,14H,6-7,12H2,1H3/t14-/m0/s1. The molecule has 0 spiro atoms. The molecule has 4 heterocycles. The molecule has 1 saturated heterocycles. The fourth-order valence-electron chi connectivity index (χ4n) is 3.54. The summed E-state index contributed by atoms with van der Waals surface area (Å²) in [5, 5.41) is 13.6. The number of fused-ring (bicyclic) bond motifs is 1. The van der Waals surface area contributed by atoms with E-state index in [0.717, 1.165) is 11.1 Å². The van der Waals surface area contributed by atoms with E-state index in [1.54, 1.807) is 10.9 Å². The number of carbonyl (C=O) groups is 2. The van der Waals surface area contributed by atoms with Gasteiger partial charge in [0.05, 0.1) is 29.7 Å². The van der Waals surface area contributed by atoms with Gasteiger partial charge >= 0.3 is 0 Å². The van der Waals surface area contributed by atoms with Crippen molar-refractivity contribution >= 4 is 17.3 Å². The van der Waals surface area contributed by atoms with Crippen molar-refractivity contribution in [2.24, 2.45) is 13.0 Å². The van der Waals surface area contributed by atoms with Gasteiger partial charge in [-0.15, -0.1) is 0 Å². The largest absolute Gasteiger partial charge is 0.322 e. The number of hydrogen-bond acceptors (Lipinski definition) is 4. The smallest absolute Gasteiger partial charge is 0.233 e. The molecule has 0 saturated carbocycles. The van der Waals surface area contributed by atoms with Crippen LogP contribution < -0.4 is 0 Å². The minimum atomic E-state index is -0.366. The molecule has 0 N–H and O–H groups in total. The first-order chi connectivity index (χ1) is 12.6. The Hall–Kier alpha value is -3.40. The van der Waals surface area contributed by atoms with E-state index in [-0.39, 0.29) is 30.7 Å². The number of hydrogen-bond donors (Lipinski definition) is 0. The molecule has 0 aromatic carbocycles. The van der Waals surface area contributed by atoms with Crippen LogP contribution in [0.2, 0.25) is 0 Å². The average molecular weight is 347 g/mol. The Bertz CT molecular complexity index is 1060. The number of carbonyl (C=O) groups excluding carboxylic acids is 2. The second-order valence-corrected chi connectivity index (χ2v) is 6.58. The Morgan fingerprint density at radius 1 is 1.31 bits per heavy atom. The molecule has 26 heavy (non-hydrogen) atoms. The number of aromatic nitrogens is 3. The van der Waals surface area contributed by atoms with E-state index < -0.39 is 0 Å². The van der Waals surface area contributed by atoms with Gasteiger partial charge in [-0.3, -0.25) is 19.2 Å². The highest BCUT2D eigenvalue weighted by Gasteiger charge is 2.39. The van der Waals surface area contributed by atoms with Gasteiger partial charge in [-0.2, -0.15) is 10.4 Å². The second kappa shape index (κ2) is 6.15. The maximum Gasteiger partial charge on any atom is 0.233 e. The maximum absolute atomic E-state index is 12.7. The molecule has 1 aliphatic rings. The molecule has 0 unspecified atom stereocenters.